The lowest BCUT2D eigenvalue weighted by atomic mass is 9.86. The number of piperidine rings is 1. The van der Waals surface area contributed by atoms with E-state index in [0.29, 0.717) is 29.4 Å². The van der Waals surface area contributed by atoms with E-state index in [1.807, 2.05) is 0 Å². The maximum Gasteiger partial charge on any atom is 0.338 e. The number of aliphatic carboxylic acids is 1. The molecule has 3 heterocycles. The van der Waals surface area contributed by atoms with Crippen molar-refractivity contribution in [3.63, 3.8) is 0 Å². The molecule has 0 unspecified atom stereocenters. The fourth-order valence-corrected chi connectivity index (χ4v) is 8.19. The predicted octanol–water partition coefficient (Wildman–Crippen LogP) is 4.52. The Bertz CT molecular complexity index is 1510. The zero-order valence-corrected chi connectivity index (χ0v) is 25.5. The maximum absolute atomic E-state index is 14.5. The highest BCUT2D eigenvalue weighted by Crippen LogP contribution is 2.41. The second kappa shape index (κ2) is 13.1. The van der Waals surface area contributed by atoms with Gasteiger partial charge in [0.15, 0.2) is 22.5 Å². The lowest BCUT2D eigenvalue weighted by molar-refractivity contribution is -0.141. The highest BCUT2D eigenvalue weighted by Gasteiger charge is 2.40. The van der Waals surface area contributed by atoms with Gasteiger partial charge in [-0.15, -0.1) is 11.3 Å². The number of benzene rings is 1. The Morgan fingerprint density at radius 1 is 1.29 bits per heavy atom. The van der Waals surface area contributed by atoms with Gasteiger partial charge in [0.2, 0.25) is 10.0 Å². The Balaban J connectivity index is 1.70. The number of aromatic nitrogens is 1. The summed E-state index contributed by atoms with van der Waals surface area (Å²) in [4.78, 5) is 33.5. The van der Waals surface area contributed by atoms with Crippen molar-refractivity contribution >= 4 is 50.7 Å². The van der Waals surface area contributed by atoms with Gasteiger partial charge >= 0.3 is 11.9 Å². The van der Waals surface area contributed by atoms with Crippen molar-refractivity contribution in [2.75, 3.05) is 20.2 Å². The van der Waals surface area contributed by atoms with Crippen LogP contribution in [-0.2, 0) is 24.3 Å². The summed E-state index contributed by atoms with van der Waals surface area (Å²) in [6.45, 7) is 3.46. The molecule has 4 rings (SSSR count). The lowest BCUT2D eigenvalue weighted by Gasteiger charge is -2.37. The topological polar surface area (TPSA) is 138 Å². The van der Waals surface area contributed by atoms with Crippen LogP contribution in [0.25, 0.3) is 0 Å². The van der Waals surface area contributed by atoms with Crippen molar-refractivity contribution in [2.24, 2.45) is 16.8 Å². The van der Waals surface area contributed by atoms with E-state index < -0.39 is 55.8 Å². The van der Waals surface area contributed by atoms with E-state index in [1.54, 1.807) is 18.5 Å². The minimum atomic E-state index is -3.79. The first-order valence-electron chi connectivity index (χ1n) is 13.3. The second-order valence-corrected chi connectivity index (χ2v) is 13.6. The van der Waals surface area contributed by atoms with Gasteiger partial charge in [0.1, 0.15) is 6.04 Å². The zero-order chi connectivity index (χ0) is 30.8. The molecule has 0 bridgehead atoms. The van der Waals surface area contributed by atoms with Crippen molar-refractivity contribution < 1.29 is 36.6 Å². The third kappa shape index (κ3) is 6.36. The van der Waals surface area contributed by atoms with Crippen LogP contribution in [0.2, 0.25) is 5.02 Å². The van der Waals surface area contributed by atoms with Crippen molar-refractivity contribution in [1.29, 1.82) is 0 Å². The number of nitrogens with zero attached hydrogens (tertiary/aromatic N) is 3. The Kier molecular flexibility index (Phi) is 10.0. The molecule has 10 nitrogen and oxygen atoms in total. The molecule has 1 aromatic heterocycles. The largest absolute Gasteiger partial charge is 0.481 e. The highest BCUT2D eigenvalue weighted by molar-refractivity contribution is 7.89. The molecule has 1 saturated heterocycles. The normalized spacial score (nSPS) is 20.0. The first-order chi connectivity index (χ1) is 19.9. The third-order valence-corrected chi connectivity index (χ3v) is 11.2. The smallest absolute Gasteiger partial charge is 0.338 e. The summed E-state index contributed by atoms with van der Waals surface area (Å²) in [7, 11) is -2.60. The van der Waals surface area contributed by atoms with Gasteiger partial charge in [-0.1, -0.05) is 31.5 Å². The van der Waals surface area contributed by atoms with Gasteiger partial charge in [-0.05, 0) is 31.7 Å². The van der Waals surface area contributed by atoms with Crippen LogP contribution in [0.4, 0.5) is 8.78 Å². The molecule has 0 spiro atoms. The van der Waals surface area contributed by atoms with Crippen LogP contribution in [0.1, 0.15) is 56.1 Å². The predicted molar refractivity (Wildman–Crippen MR) is 154 cm³/mol. The van der Waals surface area contributed by atoms with E-state index in [0.717, 1.165) is 6.07 Å². The number of hydrogen-bond donors (Lipinski definition) is 2. The number of sulfonamides is 1. The summed E-state index contributed by atoms with van der Waals surface area (Å²) < 4.78 is 61.8. The number of allylic oxidation sites excluding steroid dienone is 1. The van der Waals surface area contributed by atoms with Crippen molar-refractivity contribution in [2.45, 2.75) is 50.8 Å². The van der Waals surface area contributed by atoms with Crippen LogP contribution in [0, 0.1) is 23.5 Å². The molecule has 0 saturated carbocycles. The van der Waals surface area contributed by atoms with Crippen molar-refractivity contribution in [3.8, 4) is 0 Å². The monoisotopic (exact) mass is 644 g/mol. The number of thiazole rings is 1. The highest BCUT2D eigenvalue weighted by atomic mass is 35.5. The second-order valence-electron chi connectivity index (χ2n) is 10.1. The van der Waals surface area contributed by atoms with Gasteiger partial charge in [-0.2, -0.15) is 0 Å². The van der Waals surface area contributed by atoms with Gasteiger partial charge in [0.25, 0.3) is 0 Å². The Hall–Kier alpha value is -2.94. The van der Waals surface area contributed by atoms with Gasteiger partial charge in [0.05, 0.1) is 28.9 Å². The lowest BCUT2D eigenvalue weighted by Crippen LogP contribution is -2.46. The van der Waals surface area contributed by atoms with Crippen LogP contribution < -0.4 is 5.32 Å². The average Bonchev–Trinajstić information content (AvgIpc) is 3.53. The molecule has 0 amide bonds. The van der Waals surface area contributed by atoms with Gasteiger partial charge in [0, 0.05) is 41.8 Å². The van der Waals surface area contributed by atoms with E-state index in [9.17, 15) is 31.9 Å². The van der Waals surface area contributed by atoms with Crippen LogP contribution in [0.15, 0.2) is 40.0 Å². The number of ether oxygens (including phenoxy) is 1. The maximum atomic E-state index is 14.5. The molecule has 2 N–H and O–H groups in total. The van der Waals surface area contributed by atoms with E-state index in [-0.39, 0.29) is 43.0 Å². The van der Waals surface area contributed by atoms with Gasteiger partial charge in [-0.25, -0.2) is 31.3 Å². The van der Waals surface area contributed by atoms with E-state index >= 15 is 0 Å². The van der Waals surface area contributed by atoms with E-state index in [2.05, 4.69) is 15.3 Å². The first-order valence-corrected chi connectivity index (χ1v) is 16.1. The Morgan fingerprint density at radius 3 is 2.55 bits per heavy atom. The van der Waals surface area contributed by atoms with Crippen LogP contribution in [0.5, 0.6) is 0 Å². The minimum Gasteiger partial charge on any atom is -0.481 e. The van der Waals surface area contributed by atoms with Crippen molar-refractivity contribution in [3.05, 3.63) is 62.2 Å². The number of carboxylic acids is 1. The molecular weight excluding hydrogens is 614 g/mol. The molecule has 2 aliphatic rings. The Morgan fingerprint density at radius 2 is 1.98 bits per heavy atom. The zero-order valence-electron chi connectivity index (χ0n) is 23.1. The van der Waals surface area contributed by atoms with E-state index in [4.69, 9.17) is 16.3 Å². The fraction of sp³-hybridized carbons (Fsp3) is 0.481. The summed E-state index contributed by atoms with van der Waals surface area (Å²) >= 11 is 7.49. The Labute approximate surface area is 251 Å². The molecule has 0 radical (unpaired) electrons. The number of aliphatic imine (C=N–C) groups is 1. The molecule has 3 atom stereocenters. The van der Waals surface area contributed by atoms with Crippen molar-refractivity contribution in [1.82, 2.24) is 14.6 Å². The number of esters is 1. The molecule has 2 aliphatic heterocycles. The summed E-state index contributed by atoms with van der Waals surface area (Å²) in [5.74, 6) is -5.11. The number of carbonyl (C=O) groups is 2. The number of halogens is 3. The fourth-order valence-electron chi connectivity index (χ4n) is 5.25. The molecule has 15 heteroatoms. The standard InChI is InChI=1S/C27H31ClF2N4O6S2/c1-4-16(13-14(2)26(35)36)42(38,39)34-10-7-15(8-11-34)22-19(27(37)40-3)23(17-5-6-18(29)21(30)20(17)28)33-24(32-22)25-31-9-12-41-25/h5-6,9,12,14-16,23H,4,7-8,10-11,13H2,1-3H3,(H,32,33)(H,35,36)/t14-,16+,23+/m0/s1. The molecule has 2 aromatic rings. The molecule has 1 aromatic carbocycles. The van der Waals surface area contributed by atoms with Crippen LogP contribution in [0.3, 0.4) is 0 Å². The third-order valence-electron chi connectivity index (χ3n) is 7.61. The minimum absolute atomic E-state index is 0.00238. The average molecular weight is 645 g/mol. The number of carboxylic acid groups (broad SMARTS) is 1. The number of hydrogen-bond acceptors (Lipinski definition) is 9. The van der Waals surface area contributed by atoms with Crippen LogP contribution in [-0.4, -0.2) is 66.0 Å². The summed E-state index contributed by atoms with van der Waals surface area (Å²) in [5, 5.41) is 13.3. The number of methoxy groups -OCH3 is 1. The number of amidine groups is 1. The summed E-state index contributed by atoms with van der Waals surface area (Å²) in [6, 6.07) is 1.02. The molecule has 42 heavy (non-hydrogen) atoms. The van der Waals surface area contributed by atoms with E-state index in [1.165, 1.54) is 35.7 Å². The summed E-state index contributed by atoms with van der Waals surface area (Å²) in [5.41, 5.74) is 0.521. The van der Waals surface area contributed by atoms with Gasteiger partial charge in [-0.3, -0.25) is 9.79 Å². The SMILES string of the molecule is CC[C@H](C[C@H](C)C(=O)O)S(=O)(=O)N1CCC(C2=C(C(=O)OC)[C@@H](c3ccc(F)c(F)c3Cl)N=C(c3nccs3)N2)CC1. The number of rotatable bonds is 10. The summed E-state index contributed by atoms with van der Waals surface area (Å²) in [6.07, 6.45) is 2.47. The quantitative estimate of drug-likeness (QED) is 0.284. The number of nitrogens with one attached hydrogen (secondary N) is 1. The molecule has 228 valence electrons. The van der Waals surface area contributed by atoms with Gasteiger partial charge < -0.3 is 15.2 Å². The molecular formula is C27H31ClF2N4O6S2. The molecule has 0 aliphatic carbocycles. The number of carbonyl (C=O) groups excluding carboxylic acids is 1. The first kappa shape index (κ1) is 32.0. The van der Waals surface area contributed by atoms with Crippen LogP contribution >= 0.6 is 22.9 Å². The molecule has 1 fully saturated rings.